The lowest BCUT2D eigenvalue weighted by Gasteiger charge is -2.32. The highest BCUT2D eigenvalue weighted by Crippen LogP contribution is 2.41. The molecule has 1 aromatic heterocycles. The molecule has 1 fully saturated rings. The van der Waals surface area contributed by atoms with Crippen molar-refractivity contribution in [1.82, 2.24) is 4.90 Å². The number of allylic oxidation sites excluding steroid dienone is 3. The van der Waals surface area contributed by atoms with Gasteiger partial charge in [0.25, 0.3) is 0 Å². The fourth-order valence-corrected chi connectivity index (χ4v) is 4.08. The van der Waals surface area contributed by atoms with Gasteiger partial charge in [0, 0.05) is 30.4 Å². The summed E-state index contributed by atoms with van der Waals surface area (Å²) in [4.78, 5) is 13.4. The smallest absolute Gasteiger partial charge is 0.211 e. The van der Waals surface area contributed by atoms with E-state index in [1.165, 1.54) is 22.4 Å². The van der Waals surface area contributed by atoms with Crippen LogP contribution >= 0.6 is 11.3 Å². The number of morpholine rings is 1. The number of hydrogen-bond donors (Lipinski definition) is 1. The highest BCUT2D eigenvalue weighted by molar-refractivity contribution is 7.11. The van der Waals surface area contributed by atoms with E-state index in [0.29, 0.717) is 6.41 Å². The Labute approximate surface area is 176 Å². The second kappa shape index (κ2) is 10.8. The third kappa shape index (κ3) is 5.71. The molecule has 0 aliphatic carbocycles. The van der Waals surface area contributed by atoms with Gasteiger partial charge in [-0.3, -0.25) is 4.79 Å². The molecule has 3 heterocycles. The molecule has 1 amide bonds. The molecule has 4 rings (SSSR count). The van der Waals surface area contributed by atoms with Crippen LogP contribution in [-0.2, 0) is 9.53 Å². The number of fused-ring (bicyclic) bond motifs is 1. The number of ether oxygens (including phenoxy) is 2. The predicted molar refractivity (Wildman–Crippen MR) is 119 cm³/mol. The molecule has 0 spiro atoms. The van der Waals surface area contributed by atoms with Gasteiger partial charge in [0.2, 0.25) is 6.41 Å². The first-order chi connectivity index (χ1) is 14.2. The van der Waals surface area contributed by atoms with Crippen molar-refractivity contribution in [1.29, 1.82) is 0 Å². The van der Waals surface area contributed by atoms with Gasteiger partial charge in [0.05, 0.1) is 18.1 Å². The molecule has 0 radical (unpaired) electrons. The number of carbonyl (C=O) groups is 1. The molecule has 29 heavy (non-hydrogen) atoms. The third-order valence-corrected chi connectivity index (χ3v) is 5.77. The maximum absolute atomic E-state index is 9.86. The molecule has 2 aromatic rings. The molecule has 0 atom stereocenters. The van der Waals surface area contributed by atoms with Crippen molar-refractivity contribution in [3.8, 4) is 5.75 Å². The summed E-state index contributed by atoms with van der Waals surface area (Å²) in [5.74, 6) is 2.02. The first kappa shape index (κ1) is 21.1. The van der Waals surface area contributed by atoms with E-state index >= 15 is 0 Å². The summed E-state index contributed by atoms with van der Waals surface area (Å²) < 4.78 is 11.6. The SMILES string of the molecule is CCCC=C1C=C(N2CCOCC2)Oc2c(C)csc21.O=CNc1ccccc1. The number of nitrogens with one attached hydrogen (secondary N) is 1. The van der Waals surface area contributed by atoms with Crippen LogP contribution in [0.3, 0.4) is 0 Å². The molecule has 2 aliphatic heterocycles. The number of amides is 1. The van der Waals surface area contributed by atoms with E-state index < -0.39 is 0 Å². The van der Waals surface area contributed by atoms with Crippen molar-refractivity contribution >= 4 is 29.0 Å². The number of hydrogen-bond acceptors (Lipinski definition) is 5. The van der Waals surface area contributed by atoms with E-state index in [1.54, 1.807) is 11.3 Å². The number of para-hydroxylation sites is 1. The Morgan fingerprint density at radius 2 is 1.97 bits per heavy atom. The molecular weight excluding hydrogens is 384 g/mol. The monoisotopic (exact) mass is 412 g/mol. The van der Waals surface area contributed by atoms with Gasteiger partial charge < -0.3 is 19.7 Å². The van der Waals surface area contributed by atoms with Gasteiger partial charge in [-0.05, 0) is 36.4 Å². The van der Waals surface area contributed by atoms with Crippen LogP contribution in [0.15, 0.2) is 53.7 Å². The van der Waals surface area contributed by atoms with Gasteiger partial charge in [0.15, 0.2) is 11.6 Å². The number of aryl methyl sites for hydroxylation is 1. The van der Waals surface area contributed by atoms with E-state index in [9.17, 15) is 4.79 Å². The third-order valence-electron chi connectivity index (χ3n) is 4.64. The zero-order valence-electron chi connectivity index (χ0n) is 17.0. The number of benzene rings is 1. The lowest BCUT2D eigenvalue weighted by Crippen LogP contribution is -2.37. The number of carbonyl (C=O) groups excluding carboxylic acids is 1. The summed E-state index contributed by atoms with van der Waals surface area (Å²) in [6.45, 7) is 7.71. The second-order valence-electron chi connectivity index (χ2n) is 6.84. The maximum Gasteiger partial charge on any atom is 0.211 e. The molecule has 0 bridgehead atoms. The fraction of sp³-hybridized carbons (Fsp3) is 0.348. The molecule has 1 aromatic carbocycles. The molecule has 2 aliphatic rings. The average molecular weight is 413 g/mol. The lowest BCUT2D eigenvalue weighted by atomic mass is 10.1. The molecular formula is C23H28N2O3S. The van der Waals surface area contributed by atoms with Gasteiger partial charge in [-0.15, -0.1) is 11.3 Å². The second-order valence-corrected chi connectivity index (χ2v) is 7.72. The summed E-state index contributed by atoms with van der Waals surface area (Å²) in [6.07, 6.45) is 7.47. The number of nitrogens with zero attached hydrogens (tertiary/aromatic N) is 1. The summed E-state index contributed by atoms with van der Waals surface area (Å²) in [5.41, 5.74) is 3.37. The van der Waals surface area contributed by atoms with Crippen molar-refractivity contribution in [2.75, 3.05) is 31.6 Å². The van der Waals surface area contributed by atoms with Crippen molar-refractivity contribution in [2.24, 2.45) is 0 Å². The number of unbranched alkanes of at least 4 members (excludes halogenated alkanes) is 1. The zero-order valence-corrected chi connectivity index (χ0v) is 17.8. The van der Waals surface area contributed by atoms with Crippen molar-refractivity contribution in [2.45, 2.75) is 26.7 Å². The standard InChI is InChI=1S/C16H21NO2S.C7H7NO/c1-3-4-5-13-10-14(17-6-8-18-9-7-17)19-15-12(2)11-20-16(13)15;9-6-8-7-4-2-1-3-5-7/h5,10-11H,3-4,6-9H2,1-2H3;1-6H,(H,8,9). The summed E-state index contributed by atoms with van der Waals surface area (Å²) >= 11 is 1.78. The van der Waals surface area contributed by atoms with Crippen LogP contribution in [0.2, 0.25) is 0 Å². The highest BCUT2D eigenvalue weighted by Gasteiger charge is 2.24. The first-order valence-corrected chi connectivity index (χ1v) is 10.9. The Balaban J connectivity index is 0.000000224. The number of thiophene rings is 1. The van der Waals surface area contributed by atoms with Crippen LogP contribution in [-0.4, -0.2) is 37.6 Å². The molecule has 5 nitrogen and oxygen atoms in total. The number of anilines is 1. The van der Waals surface area contributed by atoms with Crippen LogP contribution in [0, 0.1) is 6.92 Å². The van der Waals surface area contributed by atoms with E-state index in [-0.39, 0.29) is 0 Å². The molecule has 6 heteroatoms. The van der Waals surface area contributed by atoms with Crippen LogP contribution in [0.5, 0.6) is 5.75 Å². The minimum atomic E-state index is 0.662. The predicted octanol–water partition coefficient (Wildman–Crippen LogP) is 5.06. The highest BCUT2D eigenvalue weighted by atomic mass is 32.1. The number of rotatable bonds is 5. The summed E-state index contributed by atoms with van der Waals surface area (Å²) in [6, 6.07) is 9.29. The molecule has 1 N–H and O–H groups in total. The Bertz CT molecular complexity index is 852. The molecule has 0 unspecified atom stereocenters. The lowest BCUT2D eigenvalue weighted by molar-refractivity contribution is -0.105. The van der Waals surface area contributed by atoms with E-state index in [1.807, 2.05) is 30.3 Å². The molecule has 154 valence electrons. The fourth-order valence-electron chi connectivity index (χ4n) is 3.09. The van der Waals surface area contributed by atoms with Gasteiger partial charge in [-0.2, -0.15) is 0 Å². The summed E-state index contributed by atoms with van der Waals surface area (Å²) in [5, 5.41) is 4.71. The van der Waals surface area contributed by atoms with Crippen LogP contribution in [0.1, 0.15) is 30.2 Å². The van der Waals surface area contributed by atoms with Crippen molar-refractivity contribution in [3.05, 3.63) is 64.2 Å². The molecule has 1 saturated heterocycles. The maximum atomic E-state index is 9.86. The topological polar surface area (TPSA) is 50.8 Å². The van der Waals surface area contributed by atoms with Crippen molar-refractivity contribution < 1.29 is 14.3 Å². The Hall–Kier alpha value is -2.57. The van der Waals surface area contributed by atoms with Crippen LogP contribution < -0.4 is 10.1 Å². The molecule has 0 saturated carbocycles. The average Bonchev–Trinajstić information content (AvgIpc) is 3.15. The minimum absolute atomic E-state index is 0.662. The van der Waals surface area contributed by atoms with Crippen LogP contribution in [0.4, 0.5) is 5.69 Å². The van der Waals surface area contributed by atoms with Gasteiger partial charge >= 0.3 is 0 Å². The van der Waals surface area contributed by atoms with Crippen LogP contribution in [0.25, 0.3) is 5.57 Å². The minimum Gasteiger partial charge on any atom is -0.439 e. The normalized spacial score (nSPS) is 16.8. The zero-order chi connectivity index (χ0) is 20.5. The van der Waals surface area contributed by atoms with E-state index in [2.05, 4.69) is 41.6 Å². The summed E-state index contributed by atoms with van der Waals surface area (Å²) in [7, 11) is 0. The quantitative estimate of drug-likeness (QED) is 0.698. The Morgan fingerprint density at radius 3 is 2.66 bits per heavy atom. The van der Waals surface area contributed by atoms with E-state index in [4.69, 9.17) is 9.47 Å². The Morgan fingerprint density at radius 1 is 1.21 bits per heavy atom. The van der Waals surface area contributed by atoms with Crippen molar-refractivity contribution in [3.63, 3.8) is 0 Å². The van der Waals surface area contributed by atoms with E-state index in [0.717, 1.165) is 50.0 Å². The largest absolute Gasteiger partial charge is 0.439 e. The van der Waals surface area contributed by atoms with Gasteiger partial charge in [0.1, 0.15) is 0 Å². The van der Waals surface area contributed by atoms with Gasteiger partial charge in [-0.25, -0.2) is 0 Å². The van der Waals surface area contributed by atoms with Gasteiger partial charge in [-0.1, -0.05) is 37.6 Å². The first-order valence-electron chi connectivity index (χ1n) is 9.99. The Kier molecular flexibility index (Phi) is 7.90.